The first-order valence-corrected chi connectivity index (χ1v) is 12.5. The van der Waals surface area contributed by atoms with E-state index in [1.165, 1.54) is 6.26 Å². The van der Waals surface area contributed by atoms with Gasteiger partial charge >= 0.3 is 0 Å². The van der Waals surface area contributed by atoms with Gasteiger partial charge in [-0.3, -0.25) is 9.59 Å². The number of piperazine rings is 1. The molecule has 0 bridgehead atoms. The number of halogens is 1. The number of nitrogens with zero attached hydrogens (tertiary/aromatic N) is 4. The smallest absolute Gasteiger partial charge is 0.289 e. The number of ketones is 1. The quantitative estimate of drug-likeness (QED) is 0.397. The molecule has 6 rings (SSSR count). The topological polar surface area (TPSA) is 105 Å². The predicted molar refractivity (Wildman–Crippen MR) is 138 cm³/mol. The molecule has 10 heteroatoms. The molecule has 1 N–H and O–H groups in total. The first-order chi connectivity index (χ1) is 18.0. The second-order valence-electron chi connectivity index (χ2n) is 9.13. The summed E-state index contributed by atoms with van der Waals surface area (Å²) in [5.41, 5.74) is 1.97. The van der Waals surface area contributed by atoms with Gasteiger partial charge in [0.15, 0.2) is 11.5 Å². The van der Waals surface area contributed by atoms with E-state index >= 15 is 0 Å². The maximum atomic E-state index is 13.3. The highest BCUT2D eigenvalue weighted by atomic mass is 35.5. The van der Waals surface area contributed by atoms with Gasteiger partial charge in [-0.2, -0.15) is 4.98 Å². The molecule has 4 heterocycles. The number of aromatic nitrogens is 2. The van der Waals surface area contributed by atoms with Crippen LogP contribution in [0.25, 0.3) is 0 Å². The van der Waals surface area contributed by atoms with Gasteiger partial charge in [0, 0.05) is 55.6 Å². The zero-order chi connectivity index (χ0) is 25.4. The molecule has 1 aliphatic heterocycles. The molecule has 1 amide bonds. The third-order valence-electron chi connectivity index (χ3n) is 6.76. The molecule has 188 valence electrons. The molecule has 0 radical (unpaired) electrons. The number of Topliss-reactive ketones (excluding diaryl/α,β-unsaturated/α-hetero) is 1. The molecule has 2 aliphatic rings. The van der Waals surface area contributed by atoms with E-state index < -0.39 is 0 Å². The van der Waals surface area contributed by atoms with Crippen molar-refractivity contribution in [1.82, 2.24) is 14.9 Å². The van der Waals surface area contributed by atoms with Crippen LogP contribution < -0.4 is 10.2 Å². The fourth-order valence-corrected chi connectivity index (χ4v) is 4.98. The van der Waals surface area contributed by atoms with Crippen molar-refractivity contribution in [2.45, 2.75) is 18.8 Å². The summed E-state index contributed by atoms with van der Waals surface area (Å²) >= 11 is 6.05. The van der Waals surface area contributed by atoms with Crippen LogP contribution in [0.4, 0.5) is 17.5 Å². The van der Waals surface area contributed by atoms with Crippen molar-refractivity contribution in [3.8, 4) is 0 Å². The maximum Gasteiger partial charge on any atom is 0.289 e. The molecule has 0 spiro atoms. The average Bonchev–Trinajstić information content (AvgIpc) is 3.64. The molecular weight excluding hydrogens is 494 g/mol. The summed E-state index contributed by atoms with van der Waals surface area (Å²) in [6, 6.07) is 14.3. The lowest BCUT2D eigenvalue weighted by Gasteiger charge is -2.35. The summed E-state index contributed by atoms with van der Waals surface area (Å²) in [4.78, 5) is 39.4. The molecule has 1 saturated heterocycles. The molecule has 9 nitrogen and oxygen atoms in total. The number of nitrogens with one attached hydrogen (secondary N) is 1. The minimum Gasteiger partial charge on any atom is -0.469 e. The Hall–Kier alpha value is -4.11. The van der Waals surface area contributed by atoms with Crippen LogP contribution in [-0.2, 0) is 6.42 Å². The van der Waals surface area contributed by atoms with Crippen LogP contribution in [0.3, 0.4) is 0 Å². The minimum atomic E-state index is -0.131. The van der Waals surface area contributed by atoms with Gasteiger partial charge in [-0.05, 0) is 48.5 Å². The van der Waals surface area contributed by atoms with Crippen LogP contribution in [0, 0.1) is 0 Å². The fourth-order valence-electron chi connectivity index (χ4n) is 4.86. The fraction of sp³-hybridized carbons (Fsp3) is 0.259. The van der Waals surface area contributed by atoms with E-state index in [1.54, 1.807) is 35.4 Å². The van der Waals surface area contributed by atoms with Crippen molar-refractivity contribution in [1.29, 1.82) is 0 Å². The van der Waals surface area contributed by atoms with Crippen LogP contribution in [0.2, 0.25) is 5.02 Å². The van der Waals surface area contributed by atoms with Gasteiger partial charge in [0.25, 0.3) is 5.91 Å². The normalized spacial score (nSPS) is 17.5. The number of hydrogen-bond donors (Lipinski definition) is 1. The highest BCUT2D eigenvalue weighted by molar-refractivity contribution is 6.30. The third-order valence-corrected chi connectivity index (χ3v) is 7.01. The van der Waals surface area contributed by atoms with Gasteiger partial charge in [-0.1, -0.05) is 11.6 Å². The molecule has 3 aromatic heterocycles. The lowest BCUT2D eigenvalue weighted by molar-refractivity contribution is 0.0714. The van der Waals surface area contributed by atoms with E-state index in [2.05, 4.69) is 5.32 Å². The number of fused-ring (bicyclic) bond motifs is 1. The summed E-state index contributed by atoms with van der Waals surface area (Å²) in [5.74, 6) is 1.86. The Morgan fingerprint density at radius 3 is 2.41 bits per heavy atom. The Kier molecular flexibility index (Phi) is 6.13. The standard InChI is InChI=1S/C27H24ClN5O4/c28-18-5-7-19(8-6-18)29-25-24-20(15-17(16-21(24)34)22-3-1-13-36-22)30-27(31-25)33-11-9-32(10-12-33)26(35)23-4-2-14-37-23/h1-8,13-14,17H,9-12,15-16H2,(H,29,30,31). The first kappa shape index (κ1) is 23.3. The Morgan fingerprint density at radius 1 is 0.946 bits per heavy atom. The highest BCUT2D eigenvalue weighted by Gasteiger charge is 2.34. The van der Waals surface area contributed by atoms with Crippen LogP contribution >= 0.6 is 11.6 Å². The Morgan fingerprint density at radius 2 is 1.70 bits per heavy atom. The van der Waals surface area contributed by atoms with Gasteiger partial charge in [0.1, 0.15) is 11.6 Å². The molecule has 1 aliphatic carbocycles. The summed E-state index contributed by atoms with van der Waals surface area (Å²) in [7, 11) is 0. The molecule has 37 heavy (non-hydrogen) atoms. The molecular formula is C27H24ClN5O4. The monoisotopic (exact) mass is 517 g/mol. The van der Waals surface area contributed by atoms with E-state index in [-0.39, 0.29) is 17.6 Å². The maximum absolute atomic E-state index is 13.3. The van der Waals surface area contributed by atoms with Crippen LogP contribution in [0.1, 0.15) is 44.7 Å². The second kappa shape index (κ2) is 9.74. The zero-order valence-electron chi connectivity index (χ0n) is 19.9. The zero-order valence-corrected chi connectivity index (χ0v) is 20.6. The number of furan rings is 2. The van der Waals surface area contributed by atoms with E-state index in [4.69, 9.17) is 30.4 Å². The lowest BCUT2D eigenvalue weighted by atomic mass is 9.84. The van der Waals surface area contributed by atoms with Crippen molar-refractivity contribution in [3.05, 3.63) is 88.9 Å². The summed E-state index contributed by atoms with van der Waals surface area (Å²) in [5, 5.41) is 3.93. The molecule has 1 fully saturated rings. The number of amides is 1. The Balaban J connectivity index is 1.30. The van der Waals surface area contributed by atoms with E-state index in [0.29, 0.717) is 72.8 Å². The number of carbonyl (C=O) groups is 2. The predicted octanol–water partition coefficient (Wildman–Crippen LogP) is 4.93. The van der Waals surface area contributed by atoms with Crippen LogP contribution in [0.5, 0.6) is 0 Å². The van der Waals surface area contributed by atoms with Crippen LogP contribution in [-0.4, -0.2) is 52.7 Å². The van der Waals surface area contributed by atoms with Crippen molar-refractivity contribution in [3.63, 3.8) is 0 Å². The summed E-state index contributed by atoms with van der Waals surface area (Å²) < 4.78 is 10.9. The lowest BCUT2D eigenvalue weighted by Crippen LogP contribution is -2.49. The van der Waals surface area contributed by atoms with Gasteiger partial charge in [-0.15, -0.1) is 0 Å². The van der Waals surface area contributed by atoms with Gasteiger partial charge in [0.05, 0.1) is 23.8 Å². The number of rotatable bonds is 5. The van der Waals surface area contributed by atoms with Crippen molar-refractivity contribution in [2.24, 2.45) is 0 Å². The van der Waals surface area contributed by atoms with Crippen molar-refractivity contribution >= 4 is 40.7 Å². The van der Waals surface area contributed by atoms with Gasteiger partial charge < -0.3 is 24.0 Å². The van der Waals surface area contributed by atoms with Crippen molar-refractivity contribution < 1.29 is 18.4 Å². The van der Waals surface area contributed by atoms with Gasteiger partial charge in [0.2, 0.25) is 5.95 Å². The number of benzene rings is 1. The molecule has 1 unspecified atom stereocenters. The number of hydrogen-bond acceptors (Lipinski definition) is 8. The third kappa shape index (κ3) is 4.70. The Bertz CT molecular complexity index is 1410. The molecule has 4 aromatic rings. The van der Waals surface area contributed by atoms with Gasteiger partial charge in [-0.25, -0.2) is 4.98 Å². The molecule has 1 atom stereocenters. The van der Waals surface area contributed by atoms with E-state index in [1.807, 2.05) is 29.2 Å². The second-order valence-corrected chi connectivity index (χ2v) is 9.56. The molecule has 1 aromatic carbocycles. The summed E-state index contributed by atoms with van der Waals surface area (Å²) in [6.45, 7) is 2.13. The van der Waals surface area contributed by atoms with Crippen LogP contribution in [0.15, 0.2) is 69.9 Å². The number of carbonyl (C=O) groups excluding carboxylic acids is 2. The van der Waals surface area contributed by atoms with E-state index in [0.717, 1.165) is 11.4 Å². The number of anilines is 3. The SMILES string of the molecule is O=C1CC(c2ccco2)Cc2nc(N3CCN(C(=O)c4ccco4)CC3)nc(Nc3ccc(Cl)cc3)c21. The minimum absolute atomic E-state index is 0.0282. The highest BCUT2D eigenvalue weighted by Crippen LogP contribution is 2.36. The average molecular weight is 518 g/mol. The largest absolute Gasteiger partial charge is 0.469 e. The Labute approximate surface area is 218 Å². The molecule has 0 saturated carbocycles. The van der Waals surface area contributed by atoms with E-state index in [9.17, 15) is 9.59 Å². The van der Waals surface area contributed by atoms with Crippen molar-refractivity contribution in [2.75, 3.05) is 36.4 Å². The summed E-state index contributed by atoms with van der Waals surface area (Å²) in [6.07, 6.45) is 4.01. The first-order valence-electron chi connectivity index (χ1n) is 12.1.